The van der Waals surface area contributed by atoms with Gasteiger partial charge in [0.05, 0.1) is 11.3 Å². The number of carboxylic acids is 1. The zero-order valence-corrected chi connectivity index (χ0v) is 13.1. The van der Waals surface area contributed by atoms with E-state index in [1.54, 1.807) is 0 Å². The summed E-state index contributed by atoms with van der Waals surface area (Å²) in [5, 5.41) is 11.0. The number of carbonyl (C=O) groups excluding carboxylic acids is 1. The third kappa shape index (κ3) is 4.05. The molecule has 1 fully saturated rings. The van der Waals surface area contributed by atoms with Gasteiger partial charge in [-0.3, -0.25) is 9.59 Å². The molecule has 0 aromatic heterocycles. The fourth-order valence-corrected chi connectivity index (χ4v) is 4.10. The maximum Gasteiger partial charge on any atom is 0.305 e. The summed E-state index contributed by atoms with van der Waals surface area (Å²) in [6.07, 6.45) is 0.653. The second-order valence-corrected chi connectivity index (χ2v) is 7.05. The Hall–Kier alpha value is -2.00. The first-order valence-corrected chi connectivity index (χ1v) is 8.53. The number of hydrogen-bond donors (Lipinski definition) is 2. The highest BCUT2D eigenvalue weighted by Crippen LogP contribution is 2.26. The van der Waals surface area contributed by atoms with E-state index >= 15 is 0 Å². The van der Waals surface area contributed by atoms with Crippen molar-refractivity contribution in [3.8, 4) is 0 Å². The lowest BCUT2D eigenvalue weighted by Crippen LogP contribution is -2.46. The van der Waals surface area contributed by atoms with Crippen LogP contribution in [-0.4, -0.2) is 48.8 Å². The average molecular weight is 344 g/mol. The van der Waals surface area contributed by atoms with Gasteiger partial charge in [0.15, 0.2) is 0 Å². The second kappa shape index (κ2) is 7.05. The van der Waals surface area contributed by atoms with Crippen LogP contribution in [0.2, 0.25) is 0 Å². The van der Waals surface area contributed by atoms with Gasteiger partial charge in [-0.1, -0.05) is 0 Å². The van der Waals surface area contributed by atoms with Crippen LogP contribution in [0.3, 0.4) is 0 Å². The van der Waals surface area contributed by atoms with E-state index in [9.17, 15) is 22.4 Å². The largest absolute Gasteiger partial charge is 0.481 e. The SMILES string of the molecule is O=C(O)CCNC(=O)C1CCCN1S(=O)(=O)c1ccc(F)cc1. The molecule has 2 N–H and O–H groups in total. The summed E-state index contributed by atoms with van der Waals surface area (Å²) in [6, 6.07) is 3.53. The molecule has 2 rings (SSSR count). The molecule has 126 valence electrons. The molecule has 0 saturated carbocycles. The number of aliphatic carboxylic acids is 1. The van der Waals surface area contributed by atoms with Crippen molar-refractivity contribution in [3.05, 3.63) is 30.1 Å². The minimum atomic E-state index is -3.90. The van der Waals surface area contributed by atoms with Crippen LogP contribution < -0.4 is 5.32 Å². The van der Waals surface area contributed by atoms with Crippen LogP contribution in [0.25, 0.3) is 0 Å². The lowest BCUT2D eigenvalue weighted by molar-refractivity contribution is -0.137. The van der Waals surface area contributed by atoms with Crippen LogP contribution in [-0.2, 0) is 19.6 Å². The van der Waals surface area contributed by atoms with Crippen molar-refractivity contribution >= 4 is 21.9 Å². The third-order valence-corrected chi connectivity index (χ3v) is 5.49. The Balaban J connectivity index is 2.12. The number of nitrogens with zero attached hydrogens (tertiary/aromatic N) is 1. The van der Waals surface area contributed by atoms with E-state index in [-0.39, 0.29) is 24.4 Å². The lowest BCUT2D eigenvalue weighted by Gasteiger charge is -2.23. The number of sulfonamides is 1. The topological polar surface area (TPSA) is 104 Å². The first-order chi connectivity index (χ1) is 10.8. The zero-order valence-electron chi connectivity index (χ0n) is 12.2. The number of rotatable bonds is 6. The van der Waals surface area contributed by atoms with Gasteiger partial charge in [0.1, 0.15) is 11.9 Å². The molecule has 1 atom stereocenters. The average Bonchev–Trinajstić information content (AvgIpc) is 2.97. The van der Waals surface area contributed by atoms with Crippen LogP contribution in [0.4, 0.5) is 4.39 Å². The molecule has 1 amide bonds. The molecule has 1 unspecified atom stereocenters. The number of amides is 1. The maximum absolute atomic E-state index is 12.9. The Kier molecular flexibility index (Phi) is 5.32. The van der Waals surface area contributed by atoms with Gasteiger partial charge in [-0.25, -0.2) is 12.8 Å². The molecular weight excluding hydrogens is 327 g/mol. The van der Waals surface area contributed by atoms with Crippen molar-refractivity contribution in [2.24, 2.45) is 0 Å². The van der Waals surface area contributed by atoms with Gasteiger partial charge >= 0.3 is 5.97 Å². The van der Waals surface area contributed by atoms with Crippen molar-refractivity contribution in [3.63, 3.8) is 0 Å². The van der Waals surface area contributed by atoms with Crippen LogP contribution in [0.5, 0.6) is 0 Å². The molecule has 1 aliphatic rings. The highest BCUT2D eigenvalue weighted by molar-refractivity contribution is 7.89. The lowest BCUT2D eigenvalue weighted by atomic mass is 10.2. The molecule has 9 heteroatoms. The third-order valence-electron chi connectivity index (χ3n) is 3.56. The van der Waals surface area contributed by atoms with Crippen molar-refractivity contribution in [1.82, 2.24) is 9.62 Å². The maximum atomic E-state index is 12.9. The first kappa shape index (κ1) is 17.4. The van der Waals surface area contributed by atoms with E-state index in [4.69, 9.17) is 5.11 Å². The highest BCUT2D eigenvalue weighted by atomic mass is 32.2. The van der Waals surface area contributed by atoms with Crippen molar-refractivity contribution < 1.29 is 27.5 Å². The van der Waals surface area contributed by atoms with E-state index in [1.165, 1.54) is 0 Å². The Morgan fingerprint density at radius 3 is 2.57 bits per heavy atom. The van der Waals surface area contributed by atoms with Gasteiger partial charge < -0.3 is 10.4 Å². The molecule has 0 aliphatic carbocycles. The number of halogens is 1. The molecule has 0 spiro atoms. The fraction of sp³-hybridized carbons (Fsp3) is 0.429. The summed E-state index contributed by atoms with van der Waals surface area (Å²) in [5.74, 6) is -2.12. The molecule has 7 nitrogen and oxygen atoms in total. The summed E-state index contributed by atoms with van der Waals surface area (Å²) >= 11 is 0. The van der Waals surface area contributed by atoms with E-state index < -0.39 is 33.8 Å². The predicted molar refractivity (Wildman–Crippen MR) is 78.6 cm³/mol. The van der Waals surface area contributed by atoms with Gasteiger partial charge in [-0.15, -0.1) is 0 Å². The summed E-state index contributed by atoms with van der Waals surface area (Å²) < 4.78 is 39.2. The smallest absolute Gasteiger partial charge is 0.305 e. The second-order valence-electron chi connectivity index (χ2n) is 5.16. The van der Waals surface area contributed by atoms with E-state index in [1.807, 2.05) is 0 Å². The van der Waals surface area contributed by atoms with Crippen LogP contribution in [0.15, 0.2) is 29.2 Å². The Bertz CT molecular complexity index is 690. The number of hydrogen-bond acceptors (Lipinski definition) is 4. The van der Waals surface area contributed by atoms with E-state index in [2.05, 4.69) is 5.32 Å². The van der Waals surface area contributed by atoms with Gasteiger partial charge in [0.25, 0.3) is 0 Å². The van der Waals surface area contributed by atoms with E-state index in [0.29, 0.717) is 12.8 Å². The molecule has 1 aliphatic heterocycles. The van der Waals surface area contributed by atoms with Gasteiger partial charge in [-0.05, 0) is 37.1 Å². The number of carboxylic acid groups (broad SMARTS) is 1. The zero-order chi connectivity index (χ0) is 17.0. The minimum Gasteiger partial charge on any atom is -0.481 e. The van der Waals surface area contributed by atoms with Gasteiger partial charge in [-0.2, -0.15) is 4.31 Å². The molecule has 1 heterocycles. The monoisotopic (exact) mass is 344 g/mol. The molecule has 1 aromatic carbocycles. The molecule has 1 aromatic rings. The Labute approximate surface area is 133 Å². The van der Waals surface area contributed by atoms with Gasteiger partial charge in [0.2, 0.25) is 15.9 Å². The summed E-state index contributed by atoms with van der Waals surface area (Å²) in [7, 11) is -3.90. The van der Waals surface area contributed by atoms with Gasteiger partial charge in [0, 0.05) is 13.1 Å². The first-order valence-electron chi connectivity index (χ1n) is 7.09. The fourth-order valence-electron chi connectivity index (χ4n) is 2.44. The van der Waals surface area contributed by atoms with E-state index in [0.717, 1.165) is 28.6 Å². The number of benzene rings is 1. The Morgan fingerprint density at radius 2 is 1.96 bits per heavy atom. The quantitative estimate of drug-likeness (QED) is 0.785. The molecule has 0 bridgehead atoms. The minimum absolute atomic E-state index is 0.0604. The van der Waals surface area contributed by atoms with Crippen LogP contribution in [0.1, 0.15) is 19.3 Å². The van der Waals surface area contributed by atoms with Crippen molar-refractivity contribution in [2.75, 3.05) is 13.1 Å². The van der Waals surface area contributed by atoms with Crippen molar-refractivity contribution in [1.29, 1.82) is 0 Å². The normalized spacial score (nSPS) is 18.7. The number of nitrogens with one attached hydrogen (secondary N) is 1. The predicted octanol–water partition coefficient (Wildman–Crippen LogP) is 0.570. The highest BCUT2D eigenvalue weighted by Gasteiger charge is 2.39. The van der Waals surface area contributed by atoms with Crippen LogP contribution in [0, 0.1) is 5.82 Å². The standard InChI is InChI=1S/C14H17FN2O5S/c15-10-3-5-11(6-4-10)23(21,22)17-9-1-2-12(17)14(20)16-8-7-13(18)19/h3-6,12H,1-2,7-9H2,(H,16,20)(H,18,19). The van der Waals surface area contributed by atoms with Crippen LogP contribution >= 0.6 is 0 Å². The molecule has 0 radical (unpaired) electrons. The van der Waals surface area contributed by atoms with Crippen molar-refractivity contribution in [2.45, 2.75) is 30.2 Å². The molecule has 1 saturated heterocycles. The Morgan fingerprint density at radius 1 is 1.30 bits per heavy atom. The summed E-state index contributed by atoms with van der Waals surface area (Å²) in [5.41, 5.74) is 0. The summed E-state index contributed by atoms with van der Waals surface area (Å²) in [4.78, 5) is 22.5. The summed E-state index contributed by atoms with van der Waals surface area (Å²) in [6.45, 7) is 0.131. The molecule has 23 heavy (non-hydrogen) atoms. The number of carbonyl (C=O) groups is 2. The molecular formula is C14H17FN2O5S.